The van der Waals surface area contributed by atoms with Gasteiger partial charge in [0.15, 0.2) is 0 Å². The molecule has 1 aromatic heterocycles. The van der Waals surface area contributed by atoms with Gasteiger partial charge in [0.1, 0.15) is 5.75 Å². The molecule has 0 radical (unpaired) electrons. The fraction of sp³-hybridized carbons (Fsp3) is 0.267. The summed E-state index contributed by atoms with van der Waals surface area (Å²) >= 11 is 3.39. The monoisotopic (exact) mass is 359 g/mol. The van der Waals surface area contributed by atoms with Gasteiger partial charge >= 0.3 is 6.18 Å². The number of pyridine rings is 1. The lowest BCUT2D eigenvalue weighted by Gasteiger charge is -2.14. The molecule has 112 valence electrons. The van der Waals surface area contributed by atoms with Crippen LogP contribution in [-0.4, -0.2) is 4.98 Å². The first kappa shape index (κ1) is 15.8. The minimum Gasteiger partial charge on any atom is -0.439 e. The van der Waals surface area contributed by atoms with Gasteiger partial charge in [-0.3, -0.25) is 0 Å². The smallest absolute Gasteiger partial charge is 0.417 e. The molecule has 0 aliphatic carbocycles. The van der Waals surface area contributed by atoms with Crippen molar-refractivity contribution in [3.63, 3.8) is 0 Å². The molecule has 0 saturated heterocycles. The molecule has 0 fully saturated rings. The molecule has 2 nitrogen and oxygen atoms in total. The van der Waals surface area contributed by atoms with Gasteiger partial charge in [0, 0.05) is 16.7 Å². The third-order valence-corrected chi connectivity index (χ3v) is 3.37. The zero-order chi connectivity index (χ0) is 15.6. The van der Waals surface area contributed by atoms with Gasteiger partial charge in [0.25, 0.3) is 0 Å². The molecule has 1 heterocycles. The van der Waals surface area contributed by atoms with Gasteiger partial charge in [-0.1, -0.05) is 29.8 Å². The number of hydrogen-bond acceptors (Lipinski definition) is 2. The average molecular weight is 360 g/mol. The van der Waals surface area contributed by atoms with Crippen LogP contribution in [0.25, 0.3) is 0 Å². The number of nitrogens with zero attached hydrogens (tertiary/aromatic N) is 1. The molecule has 0 aliphatic rings. The van der Waals surface area contributed by atoms with Crippen LogP contribution in [0.2, 0.25) is 0 Å². The number of benzene rings is 1. The minimum atomic E-state index is -4.40. The Balaban J connectivity index is 2.26. The lowest BCUT2D eigenvalue weighted by molar-refractivity contribution is -0.137. The standard InChI is InChI=1S/C15H13BrF3NO/c1-9(2)12-7-11(16)4-5-13(12)21-14-6-3-10(8-20-14)15(17,18)19/h3-9H,1-2H3. The summed E-state index contributed by atoms with van der Waals surface area (Å²) in [5, 5.41) is 0. The summed E-state index contributed by atoms with van der Waals surface area (Å²) in [6.45, 7) is 4.02. The van der Waals surface area contributed by atoms with Crippen LogP contribution >= 0.6 is 15.9 Å². The Morgan fingerprint density at radius 3 is 2.38 bits per heavy atom. The zero-order valence-electron chi connectivity index (χ0n) is 11.4. The van der Waals surface area contributed by atoms with Crippen LogP contribution < -0.4 is 4.74 Å². The molecule has 0 unspecified atom stereocenters. The molecule has 0 spiro atoms. The molecule has 21 heavy (non-hydrogen) atoms. The third-order valence-electron chi connectivity index (χ3n) is 2.87. The highest BCUT2D eigenvalue weighted by Crippen LogP contribution is 2.33. The van der Waals surface area contributed by atoms with E-state index in [0.717, 1.165) is 22.3 Å². The summed E-state index contributed by atoms with van der Waals surface area (Å²) in [5.74, 6) is 0.930. The van der Waals surface area contributed by atoms with E-state index in [1.54, 1.807) is 6.07 Å². The topological polar surface area (TPSA) is 22.1 Å². The fourth-order valence-electron chi connectivity index (χ4n) is 1.78. The maximum absolute atomic E-state index is 12.5. The van der Waals surface area contributed by atoms with Crippen LogP contribution in [0.15, 0.2) is 41.0 Å². The maximum Gasteiger partial charge on any atom is 0.417 e. The predicted octanol–water partition coefficient (Wildman–Crippen LogP) is 5.78. The van der Waals surface area contributed by atoms with Crippen molar-refractivity contribution in [2.45, 2.75) is 25.9 Å². The summed E-state index contributed by atoms with van der Waals surface area (Å²) in [6, 6.07) is 7.67. The van der Waals surface area contributed by atoms with Gasteiger partial charge < -0.3 is 4.74 Å². The molecule has 2 aromatic rings. The van der Waals surface area contributed by atoms with E-state index in [1.165, 1.54) is 6.07 Å². The highest BCUT2D eigenvalue weighted by atomic mass is 79.9. The van der Waals surface area contributed by atoms with E-state index in [1.807, 2.05) is 26.0 Å². The predicted molar refractivity (Wildman–Crippen MR) is 77.5 cm³/mol. The zero-order valence-corrected chi connectivity index (χ0v) is 13.0. The highest BCUT2D eigenvalue weighted by molar-refractivity contribution is 9.10. The molecular weight excluding hydrogens is 347 g/mol. The molecule has 6 heteroatoms. The van der Waals surface area contributed by atoms with Gasteiger partial charge in [0.05, 0.1) is 5.56 Å². The minimum absolute atomic E-state index is 0.132. The number of rotatable bonds is 3. The van der Waals surface area contributed by atoms with Crippen molar-refractivity contribution in [3.05, 3.63) is 52.1 Å². The van der Waals surface area contributed by atoms with Crippen molar-refractivity contribution in [2.24, 2.45) is 0 Å². The van der Waals surface area contributed by atoms with E-state index in [9.17, 15) is 13.2 Å². The van der Waals surface area contributed by atoms with E-state index in [-0.39, 0.29) is 11.8 Å². The first-order valence-electron chi connectivity index (χ1n) is 6.28. The van der Waals surface area contributed by atoms with E-state index in [2.05, 4.69) is 20.9 Å². The lowest BCUT2D eigenvalue weighted by atomic mass is 10.0. The Morgan fingerprint density at radius 1 is 1.14 bits per heavy atom. The van der Waals surface area contributed by atoms with Gasteiger partial charge in [-0.15, -0.1) is 0 Å². The third kappa shape index (κ3) is 3.97. The van der Waals surface area contributed by atoms with E-state index < -0.39 is 11.7 Å². The van der Waals surface area contributed by atoms with Gasteiger partial charge in [-0.2, -0.15) is 13.2 Å². The summed E-state index contributed by atoms with van der Waals surface area (Å²) in [6.07, 6.45) is -3.63. The van der Waals surface area contributed by atoms with E-state index >= 15 is 0 Å². The molecule has 0 aliphatic heterocycles. The first-order valence-corrected chi connectivity index (χ1v) is 7.07. The molecule has 0 amide bonds. The van der Waals surface area contributed by atoms with Crippen LogP contribution in [0, 0.1) is 0 Å². The quantitative estimate of drug-likeness (QED) is 0.692. The lowest BCUT2D eigenvalue weighted by Crippen LogP contribution is -2.05. The largest absolute Gasteiger partial charge is 0.439 e. The molecule has 2 rings (SSSR count). The van der Waals surface area contributed by atoms with Crippen LogP contribution in [0.5, 0.6) is 11.6 Å². The number of ether oxygens (including phenoxy) is 1. The number of hydrogen-bond donors (Lipinski definition) is 0. The average Bonchev–Trinajstić information content (AvgIpc) is 2.40. The van der Waals surface area contributed by atoms with Gasteiger partial charge in [0.2, 0.25) is 5.88 Å². The molecule has 1 aromatic carbocycles. The van der Waals surface area contributed by atoms with Crippen molar-refractivity contribution in [1.29, 1.82) is 0 Å². The maximum atomic E-state index is 12.5. The van der Waals surface area contributed by atoms with Crippen molar-refractivity contribution < 1.29 is 17.9 Å². The van der Waals surface area contributed by atoms with Crippen LogP contribution in [0.3, 0.4) is 0 Å². The summed E-state index contributed by atoms with van der Waals surface area (Å²) in [5.41, 5.74) is 0.154. The summed E-state index contributed by atoms with van der Waals surface area (Å²) in [4.78, 5) is 3.71. The second kappa shape index (κ2) is 6.05. The van der Waals surface area contributed by atoms with Gasteiger partial charge in [-0.05, 0) is 35.7 Å². The SMILES string of the molecule is CC(C)c1cc(Br)ccc1Oc1ccc(C(F)(F)F)cn1. The van der Waals surface area contributed by atoms with Crippen molar-refractivity contribution >= 4 is 15.9 Å². The molecular formula is C15H13BrF3NO. The number of halogens is 4. The molecule has 0 saturated carbocycles. The number of alkyl halides is 3. The summed E-state index contributed by atoms with van der Waals surface area (Å²) < 4.78 is 43.9. The Bertz CT molecular complexity index is 624. The highest BCUT2D eigenvalue weighted by Gasteiger charge is 2.30. The van der Waals surface area contributed by atoms with Crippen LogP contribution in [-0.2, 0) is 6.18 Å². The Kier molecular flexibility index (Phi) is 4.56. The van der Waals surface area contributed by atoms with Crippen molar-refractivity contribution in [3.8, 4) is 11.6 Å². The normalized spacial score (nSPS) is 11.8. The van der Waals surface area contributed by atoms with E-state index in [0.29, 0.717) is 5.75 Å². The first-order chi connectivity index (χ1) is 9.77. The summed E-state index contributed by atoms with van der Waals surface area (Å²) in [7, 11) is 0. The van der Waals surface area contributed by atoms with Crippen molar-refractivity contribution in [1.82, 2.24) is 4.98 Å². The second-order valence-corrected chi connectivity index (χ2v) is 5.74. The second-order valence-electron chi connectivity index (χ2n) is 4.82. The van der Waals surface area contributed by atoms with E-state index in [4.69, 9.17) is 4.74 Å². The Hall–Kier alpha value is -1.56. The molecule has 0 N–H and O–H groups in total. The molecule has 0 atom stereocenters. The Labute approximate surface area is 129 Å². The Morgan fingerprint density at radius 2 is 1.86 bits per heavy atom. The van der Waals surface area contributed by atoms with Gasteiger partial charge in [-0.25, -0.2) is 4.98 Å². The van der Waals surface area contributed by atoms with Crippen LogP contribution in [0.1, 0.15) is 30.9 Å². The number of aromatic nitrogens is 1. The fourth-order valence-corrected chi connectivity index (χ4v) is 2.16. The molecule has 0 bridgehead atoms. The van der Waals surface area contributed by atoms with Crippen molar-refractivity contribution in [2.75, 3.05) is 0 Å². The van der Waals surface area contributed by atoms with Crippen LogP contribution in [0.4, 0.5) is 13.2 Å².